The van der Waals surface area contributed by atoms with E-state index in [4.69, 9.17) is 9.84 Å². The van der Waals surface area contributed by atoms with E-state index in [9.17, 15) is 26.4 Å². The molecule has 0 heterocycles. The molecule has 1 atom stereocenters. The van der Waals surface area contributed by atoms with E-state index < -0.39 is 50.7 Å². The Balaban J connectivity index is 1.67. The highest BCUT2D eigenvalue weighted by atomic mass is 32.2. The molecule has 33 heavy (non-hydrogen) atoms. The van der Waals surface area contributed by atoms with Gasteiger partial charge in [-0.1, -0.05) is 19.1 Å². The van der Waals surface area contributed by atoms with E-state index in [0.29, 0.717) is 60.6 Å². The summed E-state index contributed by atoms with van der Waals surface area (Å²) in [4.78, 5) is 10.4. The quantitative estimate of drug-likeness (QED) is 0.602. The molecule has 10 heteroatoms. The molecule has 0 amide bonds. The number of benzene rings is 2. The number of carboxylic acid groups (broad SMARTS) is 1. The SMILES string of the molecule is CC1(c2cc(C(F)(F)F)cc(S(=O)(=O)NC3CCCc4c(OCC(=O)O)cccc43)c2)CC1. The maximum absolute atomic E-state index is 13.5. The van der Waals surface area contributed by atoms with Crippen LogP contribution in [0.1, 0.15) is 60.9 Å². The van der Waals surface area contributed by atoms with Gasteiger partial charge in [0.25, 0.3) is 0 Å². The summed E-state index contributed by atoms with van der Waals surface area (Å²) in [7, 11) is -4.26. The van der Waals surface area contributed by atoms with Crippen molar-refractivity contribution in [2.75, 3.05) is 6.61 Å². The number of hydrogen-bond acceptors (Lipinski definition) is 4. The highest BCUT2D eigenvalue weighted by Crippen LogP contribution is 2.49. The van der Waals surface area contributed by atoms with Gasteiger partial charge in [-0.25, -0.2) is 17.9 Å². The number of alkyl halides is 3. The van der Waals surface area contributed by atoms with Gasteiger partial charge in [0, 0.05) is 6.04 Å². The first kappa shape index (κ1) is 23.6. The van der Waals surface area contributed by atoms with Gasteiger partial charge in [0.2, 0.25) is 10.0 Å². The molecular weight excluding hydrogens is 459 g/mol. The zero-order valence-electron chi connectivity index (χ0n) is 17.9. The summed E-state index contributed by atoms with van der Waals surface area (Å²) < 4.78 is 74.8. The largest absolute Gasteiger partial charge is 0.482 e. The maximum Gasteiger partial charge on any atom is 0.416 e. The molecule has 2 aromatic carbocycles. The van der Waals surface area contributed by atoms with Crippen molar-refractivity contribution in [3.05, 3.63) is 58.7 Å². The molecule has 4 rings (SSSR count). The lowest BCUT2D eigenvalue weighted by molar-refractivity contribution is -0.139. The molecule has 0 saturated heterocycles. The van der Waals surface area contributed by atoms with Crippen molar-refractivity contribution in [1.82, 2.24) is 4.72 Å². The molecule has 178 valence electrons. The number of sulfonamides is 1. The number of rotatable bonds is 7. The van der Waals surface area contributed by atoms with E-state index >= 15 is 0 Å². The summed E-state index contributed by atoms with van der Waals surface area (Å²) in [5, 5.41) is 8.88. The van der Waals surface area contributed by atoms with Gasteiger partial charge in [-0.3, -0.25) is 0 Å². The van der Waals surface area contributed by atoms with Crippen molar-refractivity contribution in [3.63, 3.8) is 0 Å². The number of carbonyl (C=O) groups is 1. The number of halogens is 3. The number of hydrogen-bond donors (Lipinski definition) is 2. The summed E-state index contributed by atoms with van der Waals surface area (Å²) in [6, 6.07) is 7.36. The molecule has 2 N–H and O–H groups in total. The Labute approximate surface area is 189 Å². The second-order valence-electron chi connectivity index (χ2n) is 8.88. The van der Waals surface area contributed by atoms with Gasteiger partial charge in [0.15, 0.2) is 6.61 Å². The van der Waals surface area contributed by atoms with Crippen LogP contribution in [0, 0.1) is 0 Å². The third-order valence-corrected chi connectivity index (χ3v) is 7.81. The fourth-order valence-electron chi connectivity index (χ4n) is 4.21. The number of carboxylic acids is 1. The summed E-state index contributed by atoms with van der Waals surface area (Å²) in [6.45, 7) is 1.29. The Morgan fingerprint density at radius 1 is 1.24 bits per heavy atom. The van der Waals surface area contributed by atoms with Gasteiger partial charge >= 0.3 is 12.1 Å². The zero-order chi connectivity index (χ0) is 24.0. The highest BCUT2D eigenvalue weighted by molar-refractivity contribution is 7.89. The Bertz CT molecular complexity index is 1170. The second kappa shape index (κ2) is 8.32. The van der Waals surface area contributed by atoms with Gasteiger partial charge in [0.05, 0.1) is 10.5 Å². The second-order valence-corrected chi connectivity index (χ2v) is 10.6. The first-order chi connectivity index (χ1) is 15.4. The fraction of sp³-hybridized carbons (Fsp3) is 0.435. The summed E-state index contributed by atoms with van der Waals surface area (Å²) in [5.74, 6) is -0.771. The Kier molecular flexibility index (Phi) is 5.94. The van der Waals surface area contributed by atoms with Crippen LogP contribution in [0.4, 0.5) is 13.2 Å². The van der Waals surface area contributed by atoms with Crippen LogP contribution >= 0.6 is 0 Å². The standard InChI is InChI=1S/C23H24F3NO5S/c1-22(8-9-22)14-10-15(23(24,25)26)12-16(11-14)33(30,31)27-19-6-2-5-18-17(19)4-3-7-20(18)32-13-21(28)29/h3-4,7,10-12,19,27H,2,5-6,8-9,13H2,1H3,(H,28,29). The normalized spacial score (nSPS) is 19.6. The molecule has 1 saturated carbocycles. The predicted octanol–water partition coefficient (Wildman–Crippen LogP) is 4.58. The molecule has 1 fully saturated rings. The Morgan fingerprint density at radius 2 is 1.97 bits per heavy atom. The first-order valence-electron chi connectivity index (χ1n) is 10.6. The molecule has 6 nitrogen and oxygen atoms in total. The van der Waals surface area contributed by atoms with Gasteiger partial charge in [0.1, 0.15) is 5.75 Å². The van der Waals surface area contributed by atoms with E-state index in [1.165, 1.54) is 6.07 Å². The Hall–Kier alpha value is -2.59. The number of nitrogens with one attached hydrogen (secondary N) is 1. The van der Waals surface area contributed by atoms with Gasteiger partial charge in [-0.15, -0.1) is 0 Å². The van der Waals surface area contributed by atoms with E-state index in [1.807, 2.05) is 6.92 Å². The van der Waals surface area contributed by atoms with E-state index in [2.05, 4.69) is 4.72 Å². The average molecular weight is 484 g/mol. The minimum absolute atomic E-state index is 0.363. The monoisotopic (exact) mass is 483 g/mol. The minimum Gasteiger partial charge on any atom is -0.482 e. The number of aliphatic carboxylic acids is 1. The molecule has 1 unspecified atom stereocenters. The maximum atomic E-state index is 13.5. The lowest BCUT2D eigenvalue weighted by Gasteiger charge is -2.28. The third kappa shape index (κ3) is 5.01. The van der Waals surface area contributed by atoms with Crippen molar-refractivity contribution < 1.29 is 36.2 Å². The molecule has 0 radical (unpaired) electrons. The van der Waals surface area contributed by atoms with Crippen LogP contribution in [0.5, 0.6) is 5.75 Å². The molecular formula is C23H24F3NO5S. The predicted molar refractivity (Wildman–Crippen MR) is 114 cm³/mol. The van der Waals surface area contributed by atoms with Crippen LogP contribution in [0.15, 0.2) is 41.3 Å². The molecule has 0 bridgehead atoms. The zero-order valence-corrected chi connectivity index (χ0v) is 18.7. The van der Waals surface area contributed by atoms with Crippen molar-refractivity contribution in [2.24, 2.45) is 0 Å². The van der Waals surface area contributed by atoms with Crippen LogP contribution in [-0.4, -0.2) is 26.1 Å². The minimum atomic E-state index is -4.67. The molecule has 0 aliphatic heterocycles. The van der Waals surface area contributed by atoms with Gasteiger partial charge in [-0.05, 0) is 78.5 Å². The van der Waals surface area contributed by atoms with Gasteiger partial charge < -0.3 is 9.84 Å². The molecule has 2 aliphatic rings. The summed E-state index contributed by atoms with van der Waals surface area (Å²) in [5.41, 5.74) is 0.272. The third-order valence-electron chi connectivity index (χ3n) is 6.35. The van der Waals surface area contributed by atoms with E-state index in [0.717, 1.165) is 6.07 Å². The average Bonchev–Trinajstić information content (AvgIpc) is 3.50. The van der Waals surface area contributed by atoms with E-state index in [-0.39, 0.29) is 0 Å². The lowest BCUT2D eigenvalue weighted by Crippen LogP contribution is -2.31. The highest BCUT2D eigenvalue weighted by Gasteiger charge is 2.42. The smallest absolute Gasteiger partial charge is 0.416 e. The van der Waals surface area contributed by atoms with Crippen molar-refractivity contribution in [1.29, 1.82) is 0 Å². The number of ether oxygens (including phenoxy) is 1. The fourth-order valence-corrected chi connectivity index (χ4v) is 5.53. The van der Waals surface area contributed by atoms with Crippen molar-refractivity contribution in [2.45, 2.75) is 61.6 Å². The van der Waals surface area contributed by atoms with Gasteiger partial charge in [-0.2, -0.15) is 13.2 Å². The molecule has 0 spiro atoms. The molecule has 0 aromatic heterocycles. The van der Waals surface area contributed by atoms with Crippen LogP contribution < -0.4 is 9.46 Å². The van der Waals surface area contributed by atoms with Crippen LogP contribution in [0.25, 0.3) is 0 Å². The van der Waals surface area contributed by atoms with Crippen LogP contribution in [-0.2, 0) is 32.8 Å². The Morgan fingerprint density at radius 3 is 2.61 bits per heavy atom. The van der Waals surface area contributed by atoms with Crippen LogP contribution in [0.3, 0.4) is 0 Å². The van der Waals surface area contributed by atoms with E-state index in [1.54, 1.807) is 18.2 Å². The first-order valence-corrected chi connectivity index (χ1v) is 12.1. The molecule has 2 aliphatic carbocycles. The van der Waals surface area contributed by atoms with Crippen molar-refractivity contribution in [3.8, 4) is 5.75 Å². The van der Waals surface area contributed by atoms with Crippen molar-refractivity contribution >= 4 is 16.0 Å². The molecule has 2 aromatic rings. The summed E-state index contributed by atoms with van der Waals surface area (Å²) >= 11 is 0. The topological polar surface area (TPSA) is 92.7 Å². The summed E-state index contributed by atoms with van der Waals surface area (Å²) in [6.07, 6.45) is -1.61. The number of fused-ring (bicyclic) bond motifs is 1. The van der Waals surface area contributed by atoms with Crippen LogP contribution in [0.2, 0.25) is 0 Å². The lowest BCUT2D eigenvalue weighted by atomic mass is 9.87.